The number of carbonyl (C=O) groups excluding carboxylic acids is 1. The van der Waals surface area contributed by atoms with E-state index < -0.39 is 0 Å². The number of thiophene rings is 1. The number of methoxy groups -OCH3 is 1. The van der Waals surface area contributed by atoms with Crippen LogP contribution in [0.15, 0.2) is 35.4 Å². The molecule has 2 heterocycles. The lowest BCUT2D eigenvalue weighted by molar-refractivity contribution is -0.121. The van der Waals surface area contributed by atoms with Gasteiger partial charge in [0, 0.05) is 11.4 Å². The Labute approximate surface area is 155 Å². The van der Waals surface area contributed by atoms with Gasteiger partial charge in [-0.1, -0.05) is 12.1 Å². The maximum absolute atomic E-state index is 12.6. The fourth-order valence-corrected chi connectivity index (χ4v) is 3.72. The van der Waals surface area contributed by atoms with E-state index in [2.05, 4.69) is 10.3 Å². The summed E-state index contributed by atoms with van der Waals surface area (Å²) in [6, 6.07) is 7.72. The summed E-state index contributed by atoms with van der Waals surface area (Å²) in [6.07, 6.45) is 2.16. The summed E-state index contributed by atoms with van der Waals surface area (Å²) in [5.41, 5.74) is 1.88. The number of fused-ring (bicyclic) bond motifs is 1. The van der Waals surface area contributed by atoms with Gasteiger partial charge in [-0.15, -0.1) is 11.3 Å². The maximum atomic E-state index is 12.6. The topological polar surface area (TPSA) is 73.2 Å². The third-order valence-electron chi connectivity index (χ3n) is 4.36. The molecule has 0 spiro atoms. The number of amides is 1. The van der Waals surface area contributed by atoms with E-state index in [9.17, 15) is 9.59 Å². The van der Waals surface area contributed by atoms with Crippen molar-refractivity contribution in [2.75, 3.05) is 13.7 Å². The monoisotopic (exact) mass is 371 g/mol. The summed E-state index contributed by atoms with van der Waals surface area (Å²) in [5.74, 6) is 0.602. The van der Waals surface area contributed by atoms with Crippen molar-refractivity contribution in [3.8, 4) is 5.75 Å². The van der Waals surface area contributed by atoms with Crippen LogP contribution >= 0.6 is 11.3 Å². The Hall–Kier alpha value is -2.67. The molecule has 0 fully saturated rings. The molecule has 0 bridgehead atoms. The quantitative estimate of drug-likeness (QED) is 0.722. The average molecular weight is 371 g/mol. The first kappa shape index (κ1) is 18.1. The van der Waals surface area contributed by atoms with E-state index in [-0.39, 0.29) is 18.0 Å². The fourth-order valence-electron chi connectivity index (χ4n) is 2.73. The second-order valence-corrected chi connectivity index (χ2v) is 7.29. The first-order valence-corrected chi connectivity index (χ1v) is 9.16. The zero-order valence-corrected chi connectivity index (χ0v) is 15.9. The van der Waals surface area contributed by atoms with Crippen LogP contribution in [0, 0.1) is 13.8 Å². The lowest BCUT2D eigenvalue weighted by Crippen LogP contribution is -2.33. The van der Waals surface area contributed by atoms with Gasteiger partial charge in [-0.2, -0.15) is 0 Å². The highest BCUT2D eigenvalue weighted by Crippen LogP contribution is 2.25. The van der Waals surface area contributed by atoms with Gasteiger partial charge in [0.15, 0.2) is 0 Å². The van der Waals surface area contributed by atoms with Crippen LogP contribution in [0.4, 0.5) is 0 Å². The van der Waals surface area contributed by atoms with Gasteiger partial charge in [-0.3, -0.25) is 14.2 Å². The third-order valence-corrected chi connectivity index (χ3v) is 5.48. The van der Waals surface area contributed by atoms with Crippen LogP contribution < -0.4 is 15.6 Å². The maximum Gasteiger partial charge on any atom is 0.262 e. The molecule has 0 aliphatic rings. The Kier molecular flexibility index (Phi) is 5.37. The molecule has 26 heavy (non-hydrogen) atoms. The molecule has 136 valence electrons. The van der Waals surface area contributed by atoms with Crippen molar-refractivity contribution in [2.45, 2.75) is 26.8 Å². The van der Waals surface area contributed by atoms with Crippen LogP contribution in [0.2, 0.25) is 0 Å². The van der Waals surface area contributed by atoms with Crippen molar-refractivity contribution in [1.82, 2.24) is 14.9 Å². The van der Waals surface area contributed by atoms with Gasteiger partial charge < -0.3 is 10.1 Å². The predicted molar refractivity (Wildman–Crippen MR) is 103 cm³/mol. The van der Waals surface area contributed by atoms with Crippen LogP contribution in [0.5, 0.6) is 5.75 Å². The first-order chi connectivity index (χ1) is 12.5. The summed E-state index contributed by atoms with van der Waals surface area (Å²) in [7, 11) is 1.63. The number of nitrogens with zero attached hydrogens (tertiary/aromatic N) is 2. The summed E-state index contributed by atoms with van der Waals surface area (Å²) in [5, 5.41) is 3.46. The number of aryl methyl sites for hydroxylation is 2. The van der Waals surface area contributed by atoms with Gasteiger partial charge in [0.05, 0.1) is 18.8 Å². The van der Waals surface area contributed by atoms with Crippen LogP contribution in [-0.4, -0.2) is 29.1 Å². The molecule has 0 aliphatic carbocycles. The van der Waals surface area contributed by atoms with E-state index in [1.807, 2.05) is 38.1 Å². The van der Waals surface area contributed by atoms with Crippen LogP contribution in [0.25, 0.3) is 10.2 Å². The number of nitrogens with one attached hydrogen (secondary N) is 1. The van der Waals surface area contributed by atoms with Crippen LogP contribution in [0.1, 0.15) is 16.0 Å². The van der Waals surface area contributed by atoms with Crippen molar-refractivity contribution >= 4 is 27.5 Å². The summed E-state index contributed by atoms with van der Waals surface area (Å²) >= 11 is 1.50. The van der Waals surface area contributed by atoms with E-state index in [1.165, 1.54) is 22.2 Å². The lowest BCUT2D eigenvalue weighted by atomic mass is 10.1. The molecule has 6 nitrogen and oxygen atoms in total. The molecule has 0 atom stereocenters. The molecule has 0 saturated heterocycles. The Balaban J connectivity index is 1.61. The Morgan fingerprint density at radius 2 is 2.00 bits per heavy atom. The van der Waals surface area contributed by atoms with Crippen molar-refractivity contribution in [1.29, 1.82) is 0 Å². The van der Waals surface area contributed by atoms with Gasteiger partial charge in [0.2, 0.25) is 5.91 Å². The Bertz CT molecular complexity index is 990. The summed E-state index contributed by atoms with van der Waals surface area (Å²) in [4.78, 5) is 30.9. The fraction of sp³-hybridized carbons (Fsp3) is 0.316. The molecule has 0 saturated carbocycles. The van der Waals surface area contributed by atoms with Crippen LogP contribution in [0.3, 0.4) is 0 Å². The van der Waals surface area contributed by atoms with E-state index in [1.54, 1.807) is 7.11 Å². The number of ether oxygens (including phenoxy) is 1. The number of carbonyl (C=O) groups is 1. The predicted octanol–water partition coefficient (Wildman–Crippen LogP) is 2.44. The van der Waals surface area contributed by atoms with Crippen molar-refractivity contribution in [3.63, 3.8) is 0 Å². The normalized spacial score (nSPS) is 10.9. The molecule has 1 aromatic carbocycles. The Morgan fingerprint density at radius 1 is 1.27 bits per heavy atom. The molecule has 1 amide bonds. The standard InChI is InChI=1S/C19H21N3O3S/c1-12-13(2)26-18-17(12)19(24)22(11-21-18)10-16(23)20-9-8-14-4-6-15(25-3)7-5-14/h4-7,11H,8-10H2,1-3H3,(H,20,23). The van der Waals surface area contributed by atoms with E-state index in [0.29, 0.717) is 18.4 Å². The van der Waals surface area contributed by atoms with Crippen molar-refractivity contribution < 1.29 is 9.53 Å². The summed E-state index contributed by atoms with van der Waals surface area (Å²) < 4.78 is 6.49. The van der Waals surface area contributed by atoms with E-state index >= 15 is 0 Å². The van der Waals surface area contributed by atoms with E-state index in [4.69, 9.17) is 4.74 Å². The molecule has 3 rings (SSSR count). The number of hydrogen-bond donors (Lipinski definition) is 1. The molecule has 0 aliphatic heterocycles. The SMILES string of the molecule is COc1ccc(CCNC(=O)Cn2cnc3sc(C)c(C)c3c2=O)cc1. The van der Waals surface area contributed by atoms with Crippen molar-refractivity contribution in [3.05, 3.63) is 57.0 Å². The molecular weight excluding hydrogens is 350 g/mol. The molecule has 7 heteroatoms. The summed E-state index contributed by atoms with van der Waals surface area (Å²) in [6.45, 7) is 4.36. The second-order valence-electron chi connectivity index (χ2n) is 6.09. The molecular formula is C19H21N3O3S. The van der Waals surface area contributed by atoms with Gasteiger partial charge in [0.1, 0.15) is 17.1 Å². The number of rotatable bonds is 6. The third kappa shape index (κ3) is 3.77. The number of benzene rings is 1. The van der Waals surface area contributed by atoms with E-state index in [0.717, 1.165) is 26.6 Å². The second kappa shape index (κ2) is 7.70. The van der Waals surface area contributed by atoms with Gasteiger partial charge in [-0.05, 0) is 43.5 Å². The smallest absolute Gasteiger partial charge is 0.262 e. The highest BCUT2D eigenvalue weighted by Gasteiger charge is 2.13. The largest absolute Gasteiger partial charge is 0.497 e. The van der Waals surface area contributed by atoms with Crippen LogP contribution in [-0.2, 0) is 17.8 Å². The minimum absolute atomic E-state index is 0.0290. The number of hydrogen-bond acceptors (Lipinski definition) is 5. The van der Waals surface area contributed by atoms with Gasteiger partial charge in [-0.25, -0.2) is 4.98 Å². The minimum Gasteiger partial charge on any atom is -0.497 e. The molecule has 0 unspecified atom stereocenters. The first-order valence-electron chi connectivity index (χ1n) is 8.34. The average Bonchev–Trinajstić information content (AvgIpc) is 2.93. The van der Waals surface area contributed by atoms with Gasteiger partial charge in [0.25, 0.3) is 5.56 Å². The lowest BCUT2D eigenvalue weighted by Gasteiger charge is -2.08. The van der Waals surface area contributed by atoms with Gasteiger partial charge >= 0.3 is 0 Å². The highest BCUT2D eigenvalue weighted by atomic mass is 32.1. The molecule has 0 radical (unpaired) electrons. The molecule has 1 N–H and O–H groups in total. The Morgan fingerprint density at radius 3 is 2.69 bits per heavy atom. The number of aromatic nitrogens is 2. The zero-order chi connectivity index (χ0) is 18.7. The molecule has 3 aromatic rings. The molecule has 2 aromatic heterocycles. The van der Waals surface area contributed by atoms with Crippen molar-refractivity contribution in [2.24, 2.45) is 0 Å². The zero-order valence-electron chi connectivity index (χ0n) is 15.0. The highest BCUT2D eigenvalue weighted by molar-refractivity contribution is 7.18. The minimum atomic E-state index is -0.202.